The molecular formula is C12H15FO3. The average molecular weight is 226 g/mol. The molecule has 0 saturated carbocycles. The lowest BCUT2D eigenvalue weighted by Gasteiger charge is -2.13. The van der Waals surface area contributed by atoms with Gasteiger partial charge in [0.05, 0.1) is 13.7 Å². The minimum Gasteiger partial charge on any atom is -0.496 e. The van der Waals surface area contributed by atoms with E-state index in [9.17, 15) is 9.18 Å². The summed E-state index contributed by atoms with van der Waals surface area (Å²) in [6.07, 6.45) is -1.80. The highest BCUT2D eigenvalue weighted by Gasteiger charge is 2.25. The van der Waals surface area contributed by atoms with Crippen LogP contribution in [0.1, 0.15) is 24.2 Å². The van der Waals surface area contributed by atoms with Crippen LogP contribution >= 0.6 is 0 Å². The highest BCUT2D eigenvalue weighted by molar-refractivity contribution is 5.77. The third-order valence-electron chi connectivity index (χ3n) is 2.21. The van der Waals surface area contributed by atoms with Crippen LogP contribution in [0.15, 0.2) is 18.2 Å². The molecule has 0 aliphatic carbocycles. The number of carbonyl (C=O) groups is 1. The van der Waals surface area contributed by atoms with E-state index < -0.39 is 12.1 Å². The highest BCUT2D eigenvalue weighted by Crippen LogP contribution is 2.31. The molecule has 0 heterocycles. The molecule has 16 heavy (non-hydrogen) atoms. The van der Waals surface area contributed by atoms with Crippen LogP contribution < -0.4 is 4.74 Å². The van der Waals surface area contributed by atoms with Gasteiger partial charge in [0, 0.05) is 5.56 Å². The van der Waals surface area contributed by atoms with Crippen molar-refractivity contribution in [3.63, 3.8) is 0 Å². The first-order valence-electron chi connectivity index (χ1n) is 5.06. The molecule has 3 nitrogen and oxygen atoms in total. The number of halogens is 1. The van der Waals surface area contributed by atoms with Gasteiger partial charge in [-0.05, 0) is 19.4 Å². The second-order valence-electron chi connectivity index (χ2n) is 3.31. The van der Waals surface area contributed by atoms with Gasteiger partial charge in [-0.2, -0.15) is 0 Å². The minimum atomic E-state index is -1.80. The lowest BCUT2D eigenvalue weighted by atomic mass is 10.1. The summed E-state index contributed by atoms with van der Waals surface area (Å²) in [6, 6.07) is 4.99. The Labute approximate surface area is 94.2 Å². The fourth-order valence-electron chi connectivity index (χ4n) is 1.50. The van der Waals surface area contributed by atoms with E-state index >= 15 is 0 Å². The normalized spacial score (nSPS) is 12.0. The number of esters is 1. The summed E-state index contributed by atoms with van der Waals surface area (Å²) in [5.41, 5.74) is 0.993. The third-order valence-corrected chi connectivity index (χ3v) is 2.21. The van der Waals surface area contributed by atoms with Gasteiger partial charge >= 0.3 is 5.97 Å². The predicted octanol–water partition coefficient (Wildman–Crippen LogP) is 2.58. The van der Waals surface area contributed by atoms with Crippen LogP contribution in [0.2, 0.25) is 0 Å². The summed E-state index contributed by atoms with van der Waals surface area (Å²) >= 11 is 0. The van der Waals surface area contributed by atoms with E-state index in [-0.39, 0.29) is 12.2 Å². The molecule has 4 heteroatoms. The number of para-hydroxylation sites is 1. The van der Waals surface area contributed by atoms with Crippen LogP contribution in [0.25, 0.3) is 0 Å². The van der Waals surface area contributed by atoms with Gasteiger partial charge in [0.25, 0.3) is 0 Å². The number of hydrogen-bond acceptors (Lipinski definition) is 3. The summed E-state index contributed by atoms with van der Waals surface area (Å²) in [7, 11) is 1.45. The Bertz CT molecular complexity index is 377. The standard InChI is InChI=1S/C12H15FO3/c1-4-16-12(14)10(13)9-7-5-6-8(2)11(9)15-3/h5-7,10H,4H2,1-3H3. The maximum Gasteiger partial charge on any atom is 0.345 e. The number of carbonyl (C=O) groups excluding carboxylic acids is 1. The van der Waals surface area contributed by atoms with Gasteiger partial charge in [-0.1, -0.05) is 18.2 Å². The monoisotopic (exact) mass is 226 g/mol. The zero-order valence-electron chi connectivity index (χ0n) is 9.62. The first-order chi connectivity index (χ1) is 7.61. The average Bonchev–Trinajstić information content (AvgIpc) is 2.28. The van der Waals surface area contributed by atoms with E-state index in [1.807, 2.05) is 0 Å². The Balaban J connectivity index is 3.03. The van der Waals surface area contributed by atoms with Gasteiger partial charge in [0.2, 0.25) is 6.17 Å². The number of alkyl halides is 1. The molecule has 1 aromatic rings. The maximum absolute atomic E-state index is 13.8. The molecule has 0 amide bonds. The van der Waals surface area contributed by atoms with Crippen LogP contribution in [-0.4, -0.2) is 19.7 Å². The van der Waals surface area contributed by atoms with Gasteiger partial charge in [-0.25, -0.2) is 9.18 Å². The first-order valence-corrected chi connectivity index (χ1v) is 5.06. The summed E-state index contributed by atoms with van der Waals surface area (Å²) in [5.74, 6) is -0.491. The molecule has 0 aromatic heterocycles. The first kappa shape index (κ1) is 12.5. The van der Waals surface area contributed by atoms with Crippen LogP contribution in [-0.2, 0) is 9.53 Å². The van der Waals surface area contributed by atoms with Crippen molar-refractivity contribution in [1.82, 2.24) is 0 Å². The molecule has 1 aromatic carbocycles. The predicted molar refractivity (Wildman–Crippen MR) is 58.2 cm³/mol. The molecule has 88 valence electrons. The van der Waals surface area contributed by atoms with Crippen molar-refractivity contribution in [2.45, 2.75) is 20.0 Å². The van der Waals surface area contributed by atoms with Crippen molar-refractivity contribution in [2.75, 3.05) is 13.7 Å². The second kappa shape index (κ2) is 5.49. The topological polar surface area (TPSA) is 35.5 Å². The van der Waals surface area contributed by atoms with Crippen LogP contribution in [0.3, 0.4) is 0 Å². The minimum absolute atomic E-state index is 0.160. The molecule has 0 saturated heterocycles. The molecule has 0 spiro atoms. The van der Waals surface area contributed by atoms with E-state index in [4.69, 9.17) is 4.74 Å². The Morgan fingerprint density at radius 1 is 1.50 bits per heavy atom. The largest absolute Gasteiger partial charge is 0.496 e. The number of methoxy groups -OCH3 is 1. The smallest absolute Gasteiger partial charge is 0.345 e. The lowest BCUT2D eigenvalue weighted by molar-refractivity contribution is -0.149. The van der Waals surface area contributed by atoms with Gasteiger partial charge in [-0.3, -0.25) is 0 Å². The number of rotatable bonds is 4. The molecule has 0 aliphatic heterocycles. The Kier molecular flexibility index (Phi) is 4.28. The quantitative estimate of drug-likeness (QED) is 0.740. The summed E-state index contributed by atoms with van der Waals surface area (Å²) in [5, 5.41) is 0. The molecule has 0 bridgehead atoms. The van der Waals surface area contributed by atoms with E-state index in [0.29, 0.717) is 5.75 Å². The highest BCUT2D eigenvalue weighted by atomic mass is 19.1. The van der Waals surface area contributed by atoms with Crippen molar-refractivity contribution in [2.24, 2.45) is 0 Å². The van der Waals surface area contributed by atoms with E-state index in [1.165, 1.54) is 13.2 Å². The van der Waals surface area contributed by atoms with Crippen molar-refractivity contribution >= 4 is 5.97 Å². The zero-order valence-corrected chi connectivity index (χ0v) is 9.62. The Hall–Kier alpha value is -1.58. The zero-order chi connectivity index (χ0) is 12.1. The maximum atomic E-state index is 13.8. The van der Waals surface area contributed by atoms with Crippen molar-refractivity contribution in [3.8, 4) is 5.75 Å². The van der Waals surface area contributed by atoms with Gasteiger partial charge in [0.15, 0.2) is 0 Å². The third kappa shape index (κ3) is 2.51. The van der Waals surface area contributed by atoms with Crippen molar-refractivity contribution < 1.29 is 18.7 Å². The molecule has 1 rings (SSSR count). The van der Waals surface area contributed by atoms with Crippen LogP contribution in [0.5, 0.6) is 5.75 Å². The Morgan fingerprint density at radius 2 is 2.19 bits per heavy atom. The SMILES string of the molecule is CCOC(=O)C(F)c1cccc(C)c1OC. The molecule has 1 unspecified atom stereocenters. The second-order valence-corrected chi connectivity index (χ2v) is 3.31. The van der Waals surface area contributed by atoms with Crippen LogP contribution in [0, 0.1) is 6.92 Å². The molecule has 0 N–H and O–H groups in total. The number of hydrogen-bond donors (Lipinski definition) is 0. The van der Waals surface area contributed by atoms with Gasteiger partial charge in [-0.15, -0.1) is 0 Å². The molecule has 1 atom stereocenters. The lowest BCUT2D eigenvalue weighted by Crippen LogP contribution is -2.13. The van der Waals surface area contributed by atoms with Crippen molar-refractivity contribution in [3.05, 3.63) is 29.3 Å². The fraction of sp³-hybridized carbons (Fsp3) is 0.417. The number of aryl methyl sites for hydroxylation is 1. The molecule has 0 aliphatic rings. The summed E-state index contributed by atoms with van der Waals surface area (Å²) < 4.78 is 23.5. The molecule has 0 radical (unpaired) electrons. The van der Waals surface area contributed by atoms with E-state index in [0.717, 1.165) is 5.56 Å². The number of benzene rings is 1. The van der Waals surface area contributed by atoms with E-state index in [1.54, 1.807) is 26.0 Å². The molecular weight excluding hydrogens is 211 g/mol. The van der Waals surface area contributed by atoms with Gasteiger partial charge < -0.3 is 9.47 Å². The van der Waals surface area contributed by atoms with Crippen LogP contribution in [0.4, 0.5) is 4.39 Å². The van der Waals surface area contributed by atoms with Gasteiger partial charge in [0.1, 0.15) is 5.75 Å². The molecule has 0 fully saturated rings. The van der Waals surface area contributed by atoms with Crippen molar-refractivity contribution in [1.29, 1.82) is 0 Å². The van der Waals surface area contributed by atoms with E-state index in [2.05, 4.69) is 4.74 Å². The fourth-order valence-corrected chi connectivity index (χ4v) is 1.50. The summed E-state index contributed by atoms with van der Waals surface area (Å²) in [4.78, 5) is 11.3. The number of ether oxygens (including phenoxy) is 2. The Morgan fingerprint density at radius 3 is 2.75 bits per heavy atom. The summed E-state index contributed by atoms with van der Waals surface area (Å²) in [6.45, 7) is 3.59.